The first-order valence-corrected chi connectivity index (χ1v) is 8.30. The van der Waals surface area contributed by atoms with Gasteiger partial charge < -0.3 is 15.5 Å². The molecule has 0 aromatic heterocycles. The quantitative estimate of drug-likeness (QED) is 0.753. The van der Waals surface area contributed by atoms with Gasteiger partial charge in [0.1, 0.15) is 0 Å². The zero-order valence-corrected chi connectivity index (χ0v) is 15.0. The van der Waals surface area contributed by atoms with Crippen LogP contribution in [0.4, 0.5) is 5.69 Å². The van der Waals surface area contributed by atoms with Crippen LogP contribution >= 0.6 is 15.9 Å². The van der Waals surface area contributed by atoms with E-state index in [1.807, 2.05) is 13.0 Å². The molecule has 0 aliphatic carbocycles. The maximum absolute atomic E-state index is 11.9. The highest BCUT2D eigenvalue weighted by molar-refractivity contribution is 9.10. The third-order valence-electron chi connectivity index (χ3n) is 3.17. The lowest BCUT2D eigenvalue weighted by Gasteiger charge is -2.26. The van der Waals surface area contributed by atoms with E-state index in [4.69, 9.17) is 0 Å². The van der Waals surface area contributed by atoms with Gasteiger partial charge in [0.05, 0.1) is 6.54 Å². The minimum Gasteiger partial charge on any atom is -0.362 e. The molecular weight excluding hydrogens is 330 g/mol. The van der Waals surface area contributed by atoms with E-state index >= 15 is 0 Å². The van der Waals surface area contributed by atoms with Gasteiger partial charge in [0.25, 0.3) is 0 Å². The van der Waals surface area contributed by atoms with Crippen molar-refractivity contribution >= 4 is 27.5 Å². The Balaban J connectivity index is 2.93. The van der Waals surface area contributed by atoms with Crippen molar-refractivity contribution in [3.63, 3.8) is 0 Å². The normalized spacial score (nSPS) is 10.8. The number of nitrogens with one attached hydrogen (secondary N) is 2. The number of carbonyl (C=O) groups excluding carboxylic acids is 1. The van der Waals surface area contributed by atoms with Crippen LogP contribution in [0.15, 0.2) is 22.7 Å². The fourth-order valence-corrected chi connectivity index (χ4v) is 2.52. The van der Waals surface area contributed by atoms with Crippen LogP contribution in [0.5, 0.6) is 0 Å². The van der Waals surface area contributed by atoms with Crippen LogP contribution in [0.2, 0.25) is 0 Å². The Kier molecular flexibility index (Phi) is 7.75. The molecule has 0 heterocycles. The van der Waals surface area contributed by atoms with Gasteiger partial charge in [-0.15, -0.1) is 0 Å². The Morgan fingerprint density at radius 2 is 2.05 bits per heavy atom. The maximum atomic E-state index is 11.9. The molecule has 1 rings (SSSR count). The summed E-state index contributed by atoms with van der Waals surface area (Å²) in [5, 5.41) is 6.29. The van der Waals surface area contributed by atoms with E-state index < -0.39 is 0 Å². The van der Waals surface area contributed by atoms with Gasteiger partial charge in [0.15, 0.2) is 0 Å². The molecule has 0 saturated carbocycles. The summed E-state index contributed by atoms with van der Waals surface area (Å²) in [5.74, 6) is 0.0602. The molecule has 1 aromatic carbocycles. The summed E-state index contributed by atoms with van der Waals surface area (Å²) in [7, 11) is 0. The summed E-state index contributed by atoms with van der Waals surface area (Å²) in [6.07, 6.45) is 0. The number of nitrogens with zero attached hydrogens (tertiary/aromatic N) is 1. The van der Waals surface area contributed by atoms with Crippen molar-refractivity contribution in [3.8, 4) is 0 Å². The Labute approximate surface area is 136 Å². The highest BCUT2D eigenvalue weighted by Crippen LogP contribution is 2.24. The van der Waals surface area contributed by atoms with Crippen LogP contribution < -0.4 is 15.5 Å². The zero-order valence-electron chi connectivity index (χ0n) is 13.4. The molecule has 0 unspecified atom stereocenters. The molecule has 21 heavy (non-hydrogen) atoms. The fourth-order valence-electron chi connectivity index (χ4n) is 2.11. The van der Waals surface area contributed by atoms with Gasteiger partial charge in [-0.1, -0.05) is 29.8 Å². The smallest absolute Gasteiger partial charge is 0.239 e. The number of halogens is 1. The summed E-state index contributed by atoms with van der Waals surface area (Å²) < 4.78 is 1.06. The van der Waals surface area contributed by atoms with Crippen LogP contribution in [0.1, 0.15) is 33.3 Å². The molecule has 0 fully saturated rings. The lowest BCUT2D eigenvalue weighted by molar-refractivity contribution is -0.119. The highest BCUT2D eigenvalue weighted by Gasteiger charge is 2.13. The molecule has 5 heteroatoms. The van der Waals surface area contributed by atoms with E-state index in [2.05, 4.69) is 64.4 Å². The lowest BCUT2D eigenvalue weighted by Crippen LogP contribution is -2.37. The average molecular weight is 356 g/mol. The van der Waals surface area contributed by atoms with E-state index in [9.17, 15) is 4.79 Å². The van der Waals surface area contributed by atoms with E-state index in [-0.39, 0.29) is 5.91 Å². The molecule has 0 aliphatic rings. The molecule has 1 aromatic rings. The summed E-state index contributed by atoms with van der Waals surface area (Å²) in [6, 6.07) is 6.64. The first-order chi connectivity index (χ1) is 9.97. The van der Waals surface area contributed by atoms with Crippen LogP contribution in [0, 0.1) is 0 Å². The summed E-state index contributed by atoms with van der Waals surface area (Å²) >= 11 is 3.52. The molecule has 0 saturated heterocycles. The first-order valence-electron chi connectivity index (χ1n) is 7.51. The predicted octanol–water partition coefficient (Wildman–Crippen LogP) is 2.91. The standard InChI is InChI=1S/C16H26BrN3O/c1-5-18-16(21)11-20(6-2)15-8-7-14(17)9-13(15)10-19-12(3)4/h7-9,12,19H,5-6,10-11H2,1-4H3,(H,18,21). The van der Waals surface area contributed by atoms with Gasteiger partial charge in [-0.2, -0.15) is 0 Å². The van der Waals surface area contributed by atoms with Crippen molar-refractivity contribution in [2.45, 2.75) is 40.3 Å². The Hall–Kier alpha value is -1.07. The summed E-state index contributed by atoms with van der Waals surface area (Å²) in [6.45, 7) is 10.9. The SMILES string of the molecule is CCNC(=O)CN(CC)c1ccc(Br)cc1CNC(C)C. The second-order valence-corrected chi connectivity index (χ2v) is 6.19. The second-order valence-electron chi connectivity index (χ2n) is 5.28. The molecule has 0 radical (unpaired) electrons. The number of amides is 1. The minimum atomic E-state index is 0.0602. The van der Waals surface area contributed by atoms with E-state index in [0.29, 0.717) is 19.1 Å². The topological polar surface area (TPSA) is 44.4 Å². The van der Waals surface area contributed by atoms with Crippen molar-refractivity contribution < 1.29 is 4.79 Å². The van der Waals surface area contributed by atoms with Gasteiger partial charge in [-0.3, -0.25) is 4.79 Å². The number of rotatable bonds is 8. The van der Waals surface area contributed by atoms with Crippen molar-refractivity contribution in [2.75, 3.05) is 24.5 Å². The lowest BCUT2D eigenvalue weighted by atomic mass is 10.1. The molecule has 2 N–H and O–H groups in total. The number of hydrogen-bond acceptors (Lipinski definition) is 3. The largest absolute Gasteiger partial charge is 0.362 e. The molecule has 4 nitrogen and oxygen atoms in total. The highest BCUT2D eigenvalue weighted by atomic mass is 79.9. The zero-order chi connectivity index (χ0) is 15.8. The predicted molar refractivity (Wildman–Crippen MR) is 92.7 cm³/mol. The second kappa shape index (κ2) is 9.05. The van der Waals surface area contributed by atoms with E-state index in [1.54, 1.807) is 0 Å². The molecule has 1 amide bonds. The van der Waals surface area contributed by atoms with Crippen molar-refractivity contribution in [1.82, 2.24) is 10.6 Å². The van der Waals surface area contributed by atoms with Crippen LogP contribution in [-0.2, 0) is 11.3 Å². The number of anilines is 1. The van der Waals surface area contributed by atoms with Crippen LogP contribution in [-0.4, -0.2) is 31.6 Å². The van der Waals surface area contributed by atoms with Crippen molar-refractivity contribution in [3.05, 3.63) is 28.2 Å². The first kappa shape index (κ1) is 18.0. The summed E-state index contributed by atoms with van der Waals surface area (Å²) in [4.78, 5) is 14.0. The maximum Gasteiger partial charge on any atom is 0.239 e. The molecular formula is C16H26BrN3O. The Morgan fingerprint density at radius 3 is 2.62 bits per heavy atom. The third-order valence-corrected chi connectivity index (χ3v) is 3.67. The monoisotopic (exact) mass is 355 g/mol. The van der Waals surface area contributed by atoms with E-state index in [1.165, 1.54) is 5.56 Å². The minimum absolute atomic E-state index is 0.0602. The summed E-state index contributed by atoms with van der Waals surface area (Å²) in [5.41, 5.74) is 2.31. The van der Waals surface area contributed by atoms with Gasteiger partial charge in [0, 0.05) is 35.8 Å². The van der Waals surface area contributed by atoms with Gasteiger partial charge in [-0.05, 0) is 37.6 Å². The van der Waals surface area contributed by atoms with Crippen molar-refractivity contribution in [1.29, 1.82) is 0 Å². The van der Waals surface area contributed by atoms with Gasteiger partial charge in [0.2, 0.25) is 5.91 Å². The van der Waals surface area contributed by atoms with Gasteiger partial charge in [-0.25, -0.2) is 0 Å². The average Bonchev–Trinajstić information content (AvgIpc) is 2.43. The number of carbonyl (C=O) groups is 1. The van der Waals surface area contributed by atoms with Gasteiger partial charge >= 0.3 is 0 Å². The molecule has 118 valence electrons. The Morgan fingerprint density at radius 1 is 1.33 bits per heavy atom. The number of hydrogen-bond donors (Lipinski definition) is 2. The fraction of sp³-hybridized carbons (Fsp3) is 0.562. The number of likely N-dealkylation sites (N-methyl/N-ethyl adjacent to an activating group) is 2. The van der Waals surface area contributed by atoms with Crippen molar-refractivity contribution in [2.24, 2.45) is 0 Å². The molecule has 0 aliphatic heterocycles. The molecule has 0 bridgehead atoms. The molecule has 0 atom stereocenters. The Bertz CT molecular complexity index is 463. The number of benzene rings is 1. The van der Waals surface area contributed by atoms with Crippen LogP contribution in [0.25, 0.3) is 0 Å². The molecule has 0 spiro atoms. The third kappa shape index (κ3) is 6.06. The van der Waals surface area contributed by atoms with E-state index in [0.717, 1.165) is 23.2 Å². The van der Waals surface area contributed by atoms with Crippen LogP contribution in [0.3, 0.4) is 0 Å².